The van der Waals surface area contributed by atoms with E-state index in [-0.39, 0.29) is 17.9 Å². The van der Waals surface area contributed by atoms with Gasteiger partial charge in [0.2, 0.25) is 5.91 Å². The number of carbonyl (C=O) groups is 2. The molecule has 0 bridgehead atoms. The maximum atomic E-state index is 11.9. The second-order valence-electron chi connectivity index (χ2n) is 4.82. The molecule has 1 aliphatic rings. The molecule has 108 valence electrons. The van der Waals surface area contributed by atoms with Crippen LogP contribution in [0.15, 0.2) is 24.3 Å². The van der Waals surface area contributed by atoms with E-state index >= 15 is 0 Å². The second kappa shape index (κ2) is 7.05. The molecule has 0 radical (unpaired) electrons. The van der Waals surface area contributed by atoms with Gasteiger partial charge in [0.25, 0.3) is 5.91 Å². The summed E-state index contributed by atoms with van der Waals surface area (Å²) in [5.74, 6) is -0.158. The van der Waals surface area contributed by atoms with Crippen molar-refractivity contribution in [2.75, 3.05) is 18.5 Å². The van der Waals surface area contributed by atoms with Gasteiger partial charge in [0.15, 0.2) is 0 Å². The lowest BCUT2D eigenvalue weighted by Gasteiger charge is -2.11. The number of nitrogens with one attached hydrogen (secondary N) is 2. The van der Waals surface area contributed by atoms with Crippen molar-refractivity contribution in [1.82, 2.24) is 5.32 Å². The molecule has 1 fully saturated rings. The zero-order valence-electron chi connectivity index (χ0n) is 11.6. The summed E-state index contributed by atoms with van der Waals surface area (Å²) in [6, 6.07) is 6.87. The SMILES string of the molecule is CCC(=O)Nc1ccc(C(=O)NC[C@H]2CCCO2)cc1. The van der Waals surface area contributed by atoms with E-state index in [0.29, 0.717) is 24.2 Å². The molecule has 2 amide bonds. The average molecular weight is 276 g/mol. The maximum Gasteiger partial charge on any atom is 0.251 e. The van der Waals surface area contributed by atoms with Crippen LogP contribution in [0.4, 0.5) is 5.69 Å². The molecule has 5 heteroatoms. The maximum absolute atomic E-state index is 11.9. The Hall–Kier alpha value is -1.88. The van der Waals surface area contributed by atoms with E-state index < -0.39 is 0 Å². The molecule has 2 rings (SSSR count). The van der Waals surface area contributed by atoms with Crippen molar-refractivity contribution in [2.45, 2.75) is 32.3 Å². The number of amides is 2. The molecule has 0 unspecified atom stereocenters. The van der Waals surface area contributed by atoms with Crippen LogP contribution in [0.2, 0.25) is 0 Å². The van der Waals surface area contributed by atoms with Gasteiger partial charge >= 0.3 is 0 Å². The number of anilines is 1. The predicted molar refractivity (Wildman–Crippen MR) is 76.7 cm³/mol. The zero-order chi connectivity index (χ0) is 14.4. The van der Waals surface area contributed by atoms with E-state index in [1.807, 2.05) is 0 Å². The fraction of sp³-hybridized carbons (Fsp3) is 0.467. The highest BCUT2D eigenvalue weighted by Gasteiger charge is 2.16. The molecule has 0 saturated carbocycles. The second-order valence-corrected chi connectivity index (χ2v) is 4.82. The van der Waals surface area contributed by atoms with Gasteiger partial charge in [-0.3, -0.25) is 9.59 Å². The Morgan fingerprint density at radius 3 is 2.65 bits per heavy atom. The summed E-state index contributed by atoms with van der Waals surface area (Å²) >= 11 is 0. The molecule has 1 saturated heterocycles. The van der Waals surface area contributed by atoms with Crippen LogP contribution < -0.4 is 10.6 Å². The number of ether oxygens (including phenoxy) is 1. The van der Waals surface area contributed by atoms with E-state index in [4.69, 9.17) is 4.74 Å². The molecule has 1 aromatic carbocycles. The molecule has 2 N–H and O–H groups in total. The highest BCUT2D eigenvalue weighted by molar-refractivity contribution is 5.95. The molecular formula is C15H20N2O3. The van der Waals surface area contributed by atoms with Crippen molar-refractivity contribution >= 4 is 17.5 Å². The van der Waals surface area contributed by atoms with Crippen LogP contribution in [0.3, 0.4) is 0 Å². The summed E-state index contributed by atoms with van der Waals surface area (Å²) in [7, 11) is 0. The molecule has 0 spiro atoms. The largest absolute Gasteiger partial charge is 0.376 e. The van der Waals surface area contributed by atoms with E-state index in [2.05, 4.69) is 10.6 Å². The number of benzene rings is 1. The normalized spacial score (nSPS) is 17.8. The van der Waals surface area contributed by atoms with Crippen LogP contribution in [0.1, 0.15) is 36.5 Å². The van der Waals surface area contributed by atoms with E-state index in [9.17, 15) is 9.59 Å². The van der Waals surface area contributed by atoms with Crippen molar-refractivity contribution in [3.05, 3.63) is 29.8 Å². The number of hydrogen-bond acceptors (Lipinski definition) is 3. The fourth-order valence-electron chi connectivity index (χ4n) is 2.07. The van der Waals surface area contributed by atoms with Crippen LogP contribution in [-0.2, 0) is 9.53 Å². The third-order valence-electron chi connectivity index (χ3n) is 3.27. The molecule has 20 heavy (non-hydrogen) atoms. The standard InChI is InChI=1S/C15H20N2O3/c1-2-14(18)17-12-7-5-11(6-8-12)15(19)16-10-13-4-3-9-20-13/h5-8,13H,2-4,9-10H2,1H3,(H,16,19)(H,17,18)/t13-/m1/s1. The summed E-state index contributed by atoms with van der Waals surface area (Å²) in [6.45, 7) is 3.13. The molecule has 0 aliphatic carbocycles. The first-order valence-electron chi connectivity index (χ1n) is 6.98. The Morgan fingerprint density at radius 1 is 1.30 bits per heavy atom. The minimum atomic E-state index is -0.117. The van der Waals surface area contributed by atoms with Crippen molar-refractivity contribution in [2.24, 2.45) is 0 Å². The first kappa shape index (κ1) is 14.5. The molecule has 1 heterocycles. The van der Waals surface area contributed by atoms with Crippen molar-refractivity contribution < 1.29 is 14.3 Å². The van der Waals surface area contributed by atoms with Crippen LogP contribution in [-0.4, -0.2) is 31.1 Å². The fourth-order valence-corrected chi connectivity index (χ4v) is 2.07. The van der Waals surface area contributed by atoms with Crippen LogP contribution in [0.5, 0.6) is 0 Å². The van der Waals surface area contributed by atoms with Gasteiger partial charge in [-0.25, -0.2) is 0 Å². The van der Waals surface area contributed by atoms with Gasteiger partial charge in [-0.05, 0) is 37.1 Å². The summed E-state index contributed by atoms with van der Waals surface area (Å²) in [5.41, 5.74) is 1.28. The smallest absolute Gasteiger partial charge is 0.251 e. The molecule has 1 aromatic rings. The van der Waals surface area contributed by atoms with Gasteiger partial charge in [0, 0.05) is 30.8 Å². The molecule has 1 atom stereocenters. The Labute approximate surface area is 118 Å². The molecular weight excluding hydrogens is 256 g/mol. The quantitative estimate of drug-likeness (QED) is 0.863. The first-order valence-corrected chi connectivity index (χ1v) is 6.98. The van der Waals surface area contributed by atoms with Gasteiger partial charge < -0.3 is 15.4 Å². The van der Waals surface area contributed by atoms with Crippen LogP contribution in [0, 0.1) is 0 Å². The minimum Gasteiger partial charge on any atom is -0.376 e. The minimum absolute atomic E-state index is 0.0411. The van der Waals surface area contributed by atoms with Gasteiger partial charge in [0.05, 0.1) is 6.10 Å². The topological polar surface area (TPSA) is 67.4 Å². The molecule has 1 aliphatic heterocycles. The number of hydrogen-bond donors (Lipinski definition) is 2. The first-order chi connectivity index (χ1) is 9.69. The van der Waals surface area contributed by atoms with Crippen molar-refractivity contribution in [3.63, 3.8) is 0 Å². The van der Waals surface area contributed by atoms with Crippen molar-refractivity contribution in [3.8, 4) is 0 Å². The zero-order valence-corrected chi connectivity index (χ0v) is 11.6. The van der Waals surface area contributed by atoms with Crippen LogP contribution in [0.25, 0.3) is 0 Å². The highest BCUT2D eigenvalue weighted by Crippen LogP contribution is 2.12. The Morgan fingerprint density at radius 2 is 2.05 bits per heavy atom. The van der Waals surface area contributed by atoms with Crippen LogP contribution >= 0.6 is 0 Å². The summed E-state index contributed by atoms with van der Waals surface area (Å²) in [5, 5.41) is 5.60. The average Bonchev–Trinajstić information content (AvgIpc) is 2.98. The third kappa shape index (κ3) is 4.06. The monoisotopic (exact) mass is 276 g/mol. The Bertz CT molecular complexity index is 465. The lowest BCUT2D eigenvalue weighted by atomic mass is 10.2. The lowest BCUT2D eigenvalue weighted by molar-refractivity contribution is -0.115. The lowest BCUT2D eigenvalue weighted by Crippen LogP contribution is -2.31. The third-order valence-corrected chi connectivity index (χ3v) is 3.27. The number of rotatable bonds is 5. The van der Waals surface area contributed by atoms with Crippen molar-refractivity contribution in [1.29, 1.82) is 0 Å². The Balaban J connectivity index is 1.85. The predicted octanol–water partition coefficient (Wildman–Crippen LogP) is 1.94. The van der Waals surface area contributed by atoms with Gasteiger partial charge in [0.1, 0.15) is 0 Å². The van der Waals surface area contributed by atoms with Gasteiger partial charge in [-0.15, -0.1) is 0 Å². The molecule has 0 aromatic heterocycles. The number of carbonyl (C=O) groups excluding carboxylic acids is 2. The van der Waals surface area contributed by atoms with Gasteiger partial charge in [-0.1, -0.05) is 6.92 Å². The summed E-state index contributed by atoms with van der Waals surface area (Å²) in [4.78, 5) is 23.2. The van der Waals surface area contributed by atoms with E-state index in [1.54, 1.807) is 31.2 Å². The summed E-state index contributed by atoms with van der Waals surface area (Å²) < 4.78 is 5.45. The van der Waals surface area contributed by atoms with E-state index in [0.717, 1.165) is 19.4 Å². The highest BCUT2D eigenvalue weighted by atomic mass is 16.5. The Kier molecular flexibility index (Phi) is 5.12. The van der Waals surface area contributed by atoms with Gasteiger partial charge in [-0.2, -0.15) is 0 Å². The molecule has 5 nitrogen and oxygen atoms in total. The van der Waals surface area contributed by atoms with E-state index in [1.165, 1.54) is 0 Å². The summed E-state index contributed by atoms with van der Waals surface area (Å²) in [6.07, 6.45) is 2.64.